The molecule has 23 heavy (non-hydrogen) atoms. The Morgan fingerprint density at radius 1 is 1.09 bits per heavy atom. The van der Waals surface area contributed by atoms with Crippen LogP contribution in [0.5, 0.6) is 5.75 Å². The fourth-order valence-electron chi connectivity index (χ4n) is 1.76. The fraction of sp³-hybridized carbons (Fsp3) is 0.0667. The standard InChI is InChI=1S/C15H11Cl3N2O3/c16-8-4-5-12(9(6-8)15(19)22)23-7-13(21)20-14-10(17)2-1-3-11(14)18/h1-6H,7H2,(H2,19,22)(H,20,21). The van der Waals surface area contributed by atoms with Crippen LogP contribution in [0.3, 0.4) is 0 Å². The molecule has 0 aliphatic rings. The van der Waals surface area contributed by atoms with Gasteiger partial charge in [-0.2, -0.15) is 0 Å². The third kappa shape index (κ3) is 4.51. The van der Waals surface area contributed by atoms with Gasteiger partial charge in [-0.3, -0.25) is 9.59 Å². The van der Waals surface area contributed by atoms with Gasteiger partial charge in [-0.05, 0) is 30.3 Å². The van der Waals surface area contributed by atoms with E-state index in [1.54, 1.807) is 18.2 Å². The van der Waals surface area contributed by atoms with Crippen molar-refractivity contribution < 1.29 is 14.3 Å². The van der Waals surface area contributed by atoms with Gasteiger partial charge in [0, 0.05) is 5.02 Å². The van der Waals surface area contributed by atoms with Crippen molar-refractivity contribution in [3.63, 3.8) is 0 Å². The van der Waals surface area contributed by atoms with E-state index in [4.69, 9.17) is 45.3 Å². The van der Waals surface area contributed by atoms with Crippen LogP contribution < -0.4 is 15.8 Å². The van der Waals surface area contributed by atoms with Crippen LogP contribution in [0.15, 0.2) is 36.4 Å². The van der Waals surface area contributed by atoms with Gasteiger partial charge in [0.1, 0.15) is 5.75 Å². The molecule has 120 valence electrons. The average molecular weight is 374 g/mol. The highest BCUT2D eigenvalue weighted by atomic mass is 35.5. The van der Waals surface area contributed by atoms with E-state index >= 15 is 0 Å². The predicted molar refractivity (Wildman–Crippen MR) is 90.6 cm³/mol. The molecule has 0 saturated carbocycles. The largest absolute Gasteiger partial charge is 0.483 e. The van der Waals surface area contributed by atoms with Crippen molar-refractivity contribution in [2.75, 3.05) is 11.9 Å². The van der Waals surface area contributed by atoms with Crippen LogP contribution in [0.25, 0.3) is 0 Å². The van der Waals surface area contributed by atoms with Crippen LogP contribution in [-0.2, 0) is 4.79 Å². The molecule has 0 fully saturated rings. The second kappa shape index (κ2) is 7.55. The van der Waals surface area contributed by atoms with E-state index in [-0.39, 0.29) is 23.6 Å². The van der Waals surface area contributed by atoms with Gasteiger partial charge in [0.2, 0.25) is 0 Å². The van der Waals surface area contributed by atoms with Crippen molar-refractivity contribution in [2.45, 2.75) is 0 Å². The number of ether oxygens (including phenoxy) is 1. The first-order valence-electron chi connectivity index (χ1n) is 6.34. The van der Waals surface area contributed by atoms with Crippen LogP contribution in [0.1, 0.15) is 10.4 Å². The van der Waals surface area contributed by atoms with E-state index in [1.165, 1.54) is 18.2 Å². The zero-order chi connectivity index (χ0) is 17.0. The molecule has 0 radical (unpaired) electrons. The first-order chi connectivity index (χ1) is 10.9. The molecule has 0 unspecified atom stereocenters. The lowest BCUT2D eigenvalue weighted by Crippen LogP contribution is -2.22. The van der Waals surface area contributed by atoms with Gasteiger partial charge >= 0.3 is 0 Å². The molecule has 0 bridgehead atoms. The lowest BCUT2D eigenvalue weighted by molar-refractivity contribution is -0.118. The van der Waals surface area contributed by atoms with Crippen LogP contribution >= 0.6 is 34.8 Å². The van der Waals surface area contributed by atoms with E-state index < -0.39 is 11.8 Å². The Bertz CT molecular complexity index is 745. The van der Waals surface area contributed by atoms with Gasteiger partial charge in [0.15, 0.2) is 6.61 Å². The van der Waals surface area contributed by atoms with Crippen LogP contribution in [0, 0.1) is 0 Å². The summed E-state index contributed by atoms with van der Waals surface area (Å²) >= 11 is 17.7. The summed E-state index contributed by atoms with van der Waals surface area (Å²) in [6, 6.07) is 9.18. The number of carbonyl (C=O) groups excluding carboxylic acids is 2. The molecule has 0 aromatic heterocycles. The van der Waals surface area contributed by atoms with Gasteiger partial charge in [-0.15, -0.1) is 0 Å². The normalized spacial score (nSPS) is 10.2. The van der Waals surface area contributed by atoms with Gasteiger partial charge in [-0.25, -0.2) is 0 Å². The number of nitrogens with two attached hydrogens (primary N) is 1. The molecule has 0 atom stereocenters. The minimum absolute atomic E-state index is 0.0843. The minimum Gasteiger partial charge on any atom is -0.483 e. The second-order valence-corrected chi connectivity index (χ2v) is 5.69. The number of para-hydroxylation sites is 1. The summed E-state index contributed by atoms with van der Waals surface area (Å²) in [5.41, 5.74) is 5.61. The van der Waals surface area contributed by atoms with Crippen LogP contribution in [-0.4, -0.2) is 18.4 Å². The number of anilines is 1. The van der Waals surface area contributed by atoms with Crippen LogP contribution in [0.2, 0.25) is 15.1 Å². The van der Waals surface area contributed by atoms with Crippen molar-refractivity contribution in [1.82, 2.24) is 0 Å². The number of hydrogen-bond donors (Lipinski definition) is 2. The summed E-state index contributed by atoms with van der Waals surface area (Å²) in [5, 5.41) is 3.47. The third-order valence-corrected chi connectivity index (χ3v) is 3.66. The molecule has 0 aliphatic carbocycles. The topological polar surface area (TPSA) is 81.4 Å². The summed E-state index contributed by atoms with van der Waals surface area (Å²) in [7, 11) is 0. The van der Waals surface area contributed by atoms with E-state index in [9.17, 15) is 9.59 Å². The number of halogens is 3. The van der Waals surface area contributed by atoms with E-state index in [0.717, 1.165) is 0 Å². The minimum atomic E-state index is -0.711. The first-order valence-corrected chi connectivity index (χ1v) is 7.48. The molecule has 3 N–H and O–H groups in total. The second-order valence-electron chi connectivity index (χ2n) is 4.44. The lowest BCUT2D eigenvalue weighted by Gasteiger charge is -2.12. The maximum absolute atomic E-state index is 11.9. The number of nitrogens with one attached hydrogen (secondary N) is 1. The first kappa shape index (κ1) is 17.4. The Balaban J connectivity index is 2.07. The molecule has 0 heterocycles. The Kier molecular flexibility index (Phi) is 5.71. The SMILES string of the molecule is NC(=O)c1cc(Cl)ccc1OCC(=O)Nc1c(Cl)cccc1Cl. The van der Waals surface area contributed by atoms with Gasteiger partial charge in [-0.1, -0.05) is 40.9 Å². The number of primary amides is 1. The number of carbonyl (C=O) groups is 2. The van der Waals surface area contributed by atoms with Crippen molar-refractivity contribution >= 4 is 52.3 Å². The Morgan fingerprint density at radius 2 is 1.74 bits per heavy atom. The lowest BCUT2D eigenvalue weighted by atomic mass is 10.2. The summed E-state index contributed by atoms with van der Waals surface area (Å²) in [5.74, 6) is -1.05. The Morgan fingerprint density at radius 3 is 2.35 bits per heavy atom. The highest BCUT2D eigenvalue weighted by Gasteiger charge is 2.14. The quantitative estimate of drug-likeness (QED) is 0.837. The highest BCUT2D eigenvalue weighted by Crippen LogP contribution is 2.29. The maximum Gasteiger partial charge on any atom is 0.262 e. The molecule has 5 nitrogen and oxygen atoms in total. The summed E-state index contributed by atoms with van der Waals surface area (Å²) < 4.78 is 5.31. The Labute approximate surface area is 147 Å². The maximum atomic E-state index is 11.9. The van der Waals surface area contributed by atoms with Gasteiger partial charge in [0.05, 0.1) is 21.3 Å². The number of benzene rings is 2. The van der Waals surface area contributed by atoms with Crippen LogP contribution in [0.4, 0.5) is 5.69 Å². The summed E-state index contributed by atoms with van der Waals surface area (Å²) in [6.45, 7) is -0.358. The van der Waals surface area contributed by atoms with E-state index in [0.29, 0.717) is 15.1 Å². The molecular formula is C15H11Cl3N2O3. The van der Waals surface area contributed by atoms with Gasteiger partial charge < -0.3 is 15.8 Å². The molecule has 2 aromatic carbocycles. The molecule has 0 saturated heterocycles. The van der Waals surface area contributed by atoms with E-state index in [1.807, 2.05) is 0 Å². The monoisotopic (exact) mass is 372 g/mol. The van der Waals surface area contributed by atoms with Crippen molar-refractivity contribution in [3.05, 3.63) is 57.0 Å². The number of rotatable bonds is 5. The fourth-order valence-corrected chi connectivity index (χ4v) is 2.42. The summed E-state index contributed by atoms with van der Waals surface area (Å²) in [6.07, 6.45) is 0. The molecular weight excluding hydrogens is 363 g/mol. The smallest absolute Gasteiger partial charge is 0.262 e. The third-order valence-electron chi connectivity index (χ3n) is 2.79. The van der Waals surface area contributed by atoms with E-state index in [2.05, 4.69) is 5.32 Å². The zero-order valence-corrected chi connectivity index (χ0v) is 13.9. The van der Waals surface area contributed by atoms with Gasteiger partial charge in [0.25, 0.3) is 11.8 Å². The molecule has 2 aromatic rings. The summed E-state index contributed by atoms with van der Waals surface area (Å²) in [4.78, 5) is 23.3. The zero-order valence-electron chi connectivity index (χ0n) is 11.6. The highest BCUT2D eigenvalue weighted by molar-refractivity contribution is 6.39. The van der Waals surface area contributed by atoms with Crippen molar-refractivity contribution in [1.29, 1.82) is 0 Å². The average Bonchev–Trinajstić information content (AvgIpc) is 2.49. The molecule has 2 rings (SSSR count). The number of amides is 2. The molecule has 2 amide bonds. The Hall–Kier alpha value is -1.95. The van der Waals surface area contributed by atoms with Crippen molar-refractivity contribution in [2.24, 2.45) is 5.73 Å². The number of hydrogen-bond acceptors (Lipinski definition) is 3. The molecule has 0 spiro atoms. The van der Waals surface area contributed by atoms with Crippen molar-refractivity contribution in [3.8, 4) is 5.75 Å². The molecule has 0 aliphatic heterocycles. The molecule has 8 heteroatoms. The predicted octanol–water partition coefficient (Wildman–Crippen LogP) is 3.76.